The molecular formula is C14H19N3O3. The first kappa shape index (κ1) is 14.4. The molecular weight excluding hydrogens is 258 g/mol. The Balaban J connectivity index is 2.12. The lowest BCUT2D eigenvalue weighted by Crippen LogP contribution is -2.30. The molecule has 1 aliphatic rings. The Morgan fingerprint density at radius 1 is 1.45 bits per heavy atom. The molecule has 1 fully saturated rings. The Hall–Kier alpha value is -1.98. The van der Waals surface area contributed by atoms with Gasteiger partial charge in [-0.1, -0.05) is 6.92 Å². The highest BCUT2D eigenvalue weighted by Gasteiger charge is 2.29. The van der Waals surface area contributed by atoms with E-state index < -0.39 is 5.97 Å². The molecule has 1 aromatic heterocycles. The van der Waals surface area contributed by atoms with Crippen LogP contribution in [0.2, 0.25) is 0 Å². The first-order valence-corrected chi connectivity index (χ1v) is 6.85. The Bertz CT molecular complexity index is 530. The third kappa shape index (κ3) is 3.12. The van der Waals surface area contributed by atoms with Crippen LogP contribution < -0.4 is 0 Å². The standard InChI is InChI=1S/C14H19N3O3/c1-3-12-11(6-9(2)15-16-12)14(20)17-5-4-10(8-17)7-13(18)19/h6,10H,3-5,7-8H2,1-2H3,(H,18,19). The molecule has 2 rings (SSSR count). The molecule has 1 N–H and O–H groups in total. The van der Waals surface area contributed by atoms with E-state index in [1.807, 2.05) is 6.92 Å². The molecule has 1 saturated heterocycles. The van der Waals surface area contributed by atoms with Crippen LogP contribution in [0, 0.1) is 12.8 Å². The van der Waals surface area contributed by atoms with Crippen LogP contribution in [0.1, 0.15) is 41.5 Å². The van der Waals surface area contributed by atoms with Gasteiger partial charge in [0.25, 0.3) is 5.91 Å². The zero-order valence-electron chi connectivity index (χ0n) is 11.8. The van der Waals surface area contributed by atoms with Gasteiger partial charge < -0.3 is 10.0 Å². The van der Waals surface area contributed by atoms with Gasteiger partial charge in [-0.3, -0.25) is 9.59 Å². The van der Waals surface area contributed by atoms with Gasteiger partial charge in [0.05, 0.1) is 17.0 Å². The Morgan fingerprint density at radius 2 is 2.20 bits per heavy atom. The SMILES string of the molecule is CCc1nnc(C)cc1C(=O)N1CCC(CC(=O)O)C1. The third-order valence-electron chi connectivity index (χ3n) is 3.59. The minimum Gasteiger partial charge on any atom is -0.481 e. The molecule has 0 saturated carbocycles. The predicted octanol–water partition coefficient (Wildman–Crippen LogP) is 1.28. The highest BCUT2D eigenvalue weighted by molar-refractivity contribution is 5.95. The number of hydrogen-bond donors (Lipinski definition) is 1. The smallest absolute Gasteiger partial charge is 0.303 e. The lowest BCUT2D eigenvalue weighted by atomic mass is 10.1. The Morgan fingerprint density at radius 3 is 2.85 bits per heavy atom. The zero-order chi connectivity index (χ0) is 14.7. The second-order valence-electron chi connectivity index (χ2n) is 5.20. The molecule has 0 aromatic carbocycles. The van der Waals surface area contributed by atoms with Crippen molar-refractivity contribution in [1.29, 1.82) is 0 Å². The largest absolute Gasteiger partial charge is 0.481 e. The van der Waals surface area contributed by atoms with Crippen molar-refractivity contribution < 1.29 is 14.7 Å². The van der Waals surface area contributed by atoms with Gasteiger partial charge in [-0.05, 0) is 31.7 Å². The van der Waals surface area contributed by atoms with Crippen LogP contribution in [-0.2, 0) is 11.2 Å². The van der Waals surface area contributed by atoms with E-state index in [1.165, 1.54) is 0 Å². The summed E-state index contributed by atoms with van der Waals surface area (Å²) in [6.45, 7) is 4.87. The maximum atomic E-state index is 12.5. The number of nitrogens with zero attached hydrogens (tertiary/aromatic N) is 3. The molecule has 1 atom stereocenters. The van der Waals surface area contributed by atoms with Crippen molar-refractivity contribution >= 4 is 11.9 Å². The van der Waals surface area contributed by atoms with E-state index in [2.05, 4.69) is 10.2 Å². The molecule has 1 aromatic rings. The van der Waals surface area contributed by atoms with Gasteiger partial charge in [-0.2, -0.15) is 10.2 Å². The summed E-state index contributed by atoms with van der Waals surface area (Å²) < 4.78 is 0. The van der Waals surface area contributed by atoms with Crippen LogP contribution in [0.3, 0.4) is 0 Å². The van der Waals surface area contributed by atoms with Gasteiger partial charge in [0.15, 0.2) is 0 Å². The summed E-state index contributed by atoms with van der Waals surface area (Å²) in [5, 5.41) is 16.9. The van der Waals surface area contributed by atoms with E-state index in [0.29, 0.717) is 36.5 Å². The maximum Gasteiger partial charge on any atom is 0.303 e. The summed E-state index contributed by atoms with van der Waals surface area (Å²) in [4.78, 5) is 25.0. The highest BCUT2D eigenvalue weighted by atomic mass is 16.4. The zero-order valence-corrected chi connectivity index (χ0v) is 11.8. The number of amides is 1. The molecule has 0 aliphatic carbocycles. The molecule has 6 nitrogen and oxygen atoms in total. The molecule has 1 amide bonds. The minimum absolute atomic E-state index is 0.0532. The number of aliphatic carboxylic acids is 1. The second kappa shape index (κ2) is 5.98. The van der Waals surface area contributed by atoms with Gasteiger partial charge in [0, 0.05) is 19.5 Å². The molecule has 2 heterocycles. The van der Waals surface area contributed by atoms with Crippen LogP contribution in [0.25, 0.3) is 0 Å². The molecule has 1 unspecified atom stereocenters. The van der Waals surface area contributed by atoms with Gasteiger partial charge in [0.2, 0.25) is 0 Å². The number of aromatic nitrogens is 2. The maximum absolute atomic E-state index is 12.5. The number of carboxylic acid groups (broad SMARTS) is 1. The van der Waals surface area contributed by atoms with Crippen molar-refractivity contribution in [3.8, 4) is 0 Å². The van der Waals surface area contributed by atoms with Crippen LogP contribution in [0.5, 0.6) is 0 Å². The van der Waals surface area contributed by atoms with Crippen molar-refractivity contribution in [2.45, 2.75) is 33.1 Å². The summed E-state index contributed by atoms with van der Waals surface area (Å²) >= 11 is 0. The number of carbonyl (C=O) groups is 2. The number of carboxylic acids is 1. The summed E-state index contributed by atoms with van der Waals surface area (Å²) in [6.07, 6.45) is 1.52. The molecule has 20 heavy (non-hydrogen) atoms. The summed E-state index contributed by atoms with van der Waals surface area (Å²) in [6, 6.07) is 1.76. The van der Waals surface area contributed by atoms with E-state index in [9.17, 15) is 9.59 Å². The molecule has 0 spiro atoms. The van der Waals surface area contributed by atoms with Gasteiger partial charge in [-0.15, -0.1) is 0 Å². The Kier molecular flexibility index (Phi) is 4.32. The van der Waals surface area contributed by atoms with E-state index in [-0.39, 0.29) is 18.2 Å². The fourth-order valence-corrected chi connectivity index (χ4v) is 2.56. The van der Waals surface area contributed by atoms with Crippen molar-refractivity contribution in [3.05, 3.63) is 23.0 Å². The van der Waals surface area contributed by atoms with Crippen LogP contribution in [-0.4, -0.2) is 45.2 Å². The normalized spacial score (nSPS) is 18.3. The monoisotopic (exact) mass is 277 g/mol. The number of likely N-dealkylation sites (tertiary alicyclic amines) is 1. The molecule has 0 bridgehead atoms. The van der Waals surface area contributed by atoms with Gasteiger partial charge in [0.1, 0.15) is 0 Å². The summed E-state index contributed by atoms with van der Waals surface area (Å²) in [7, 11) is 0. The van der Waals surface area contributed by atoms with Gasteiger partial charge >= 0.3 is 5.97 Å². The fourth-order valence-electron chi connectivity index (χ4n) is 2.56. The Labute approximate surface area is 117 Å². The van der Waals surface area contributed by atoms with Crippen molar-refractivity contribution in [2.24, 2.45) is 5.92 Å². The molecule has 108 valence electrons. The second-order valence-corrected chi connectivity index (χ2v) is 5.20. The first-order chi connectivity index (χ1) is 9.51. The van der Waals surface area contributed by atoms with Crippen LogP contribution >= 0.6 is 0 Å². The number of hydrogen-bond acceptors (Lipinski definition) is 4. The van der Waals surface area contributed by atoms with E-state index in [0.717, 1.165) is 6.42 Å². The summed E-state index contributed by atoms with van der Waals surface area (Å²) in [5.41, 5.74) is 2.00. The minimum atomic E-state index is -0.806. The number of carbonyl (C=O) groups excluding carboxylic acids is 1. The molecule has 0 radical (unpaired) electrons. The topological polar surface area (TPSA) is 83.4 Å². The number of rotatable bonds is 4. The fraction of sp³-hybridized carbons (Fsp3) is 0.571. The predicted molar refractivity (Wildman–Crippen MR) is 72.4 cm³/mol. The highest BCUT2D eigenvalue weighted by Crippen LogP contribution is 2.22. The summed E-state index contributed by atoms with van der Waals surface area (Å²) in [5.74, 6) is -0.815. The number of aryl methyl sites for hydroxylation is 2. The van der Waals surface area contributed by atoms with E-state index in [4.69, 9.17) is 5.11 Å². The van der Waals surface area contributed by atoms with E-state index in [1.54, 1.807) is 17.9 Å². The molecule has 1 aliphatic heterocycles. The molecule has 6 heteroatoms. The average molecular weight is 277 g/mol. The first-order valence-electron chi connectivity index (χ1n) is 6.85. The van der Waals surface area contributed by atoms with Crippen LogP contribution in [0.15, 0.2) is 6.07 Å². The van der Waals surface area contributed by atoms with Crippen molar-refractivity contribution in [2.75, 3.05) is 13.1 Å². The van der Waals surface area contributed by atoms with E-state index >= 15 is 0 Å². The van der Waals surface area contributed by atoms with Crippen molar-refractivity contribution in [1.82, 2.24) is 15.1 Å². The van der Waals surface area contributed by atoms with Gasteiger partial charge in [-0.25, -0.2) is 0 Å². The lowest BCUT2D eigenvalue weighted by Gasteiger charge is -2.17. The van der Waals surface area contributed by atoms with Crippen LogP contribution in [0.4, 0.5) is 0 Å². The third-order valence-corrected chi connectivity index (χ3v) is 3.59. The quantitative estimate of drug-likeness (QED) is 0.896. The lowest BCUT2D eigenvalue weighted by molar-refractivity contribution is -0.138. The van der Waals surface area contributed by atoms with Crippen molar-refractivity contribution in [3.63, 3.8) is 0 Å². The average Bonchev–Trinajstić information content (AvgIpc) is 2.85.